The molecular formula is C16H22N2O2S2. The van der Waals surface area contributed by atoms with Crippen LogP contribution < -0.4 is 5.32 Å². The minimum Gasteiger partial charge on any atom is -0.379 e. The molecule has 1 N–H and O–H groups in total. The number of pyridine rings is 1. The van der Waals surface area contributed by atoms with Crippen LogP contribution >= 0.6 is 11.3 Å². The lowest BCUT2D eigenvalue weighted by molar-refractivity contribution is 0.556. The summed E-state index contributed by atoms with van der Waals surface area (Å²) < 4.78 is 23.8. The molecule has 0 saturated carbocycles. The van der Waals surface area contributed by atoms with Crippen LogP contribution in [0.4, 0.5) is 5.69 Å². The number of anilines is 1. The fraction of sp³-hybridized carbons (Fsp3) is 0.438. The summed E-state index contributed by atoms with van der Waals surface area (Å²) in [5, 5.41) is 3.39. The Morgan fingerprint density at radius 3 is 2.32 bits per heavy atom. The van der Waals surface area contributed by atoms with Gasteiger partial charge in [-0.1, -0.05) is 6.92 Å². The van der Waals surface area contributed by atoms with Crippen molar-refractivity contribution in [2.45, 2.75) is 50.4 Å². The van der Waals surface area contributed by atoms with Gasteiger partial charge in [0.2, 0.25) is 0 Å². The third kappa shape index (κ3) is 3.67. The van der Waals surface area contributed by atoms with Crippen molar-refractivity contribution in [2.24, 2.45) is 0 Å². The van der Waals surface area contributed by atoms with Crippen molar-refractivity contribution in [1.82, 2.24) is 4.98 Å². The molecule has 0 radical (unpaired) electrons. The molecule has 0 amide bonds. The van der Waals surface area contributed by atoms with E-state index in [1.807, 2.05) is 0 Å². The van der Waals surface area contributed by atoms with Crippen molar-refractivity contribution in [3.63, 3.8) is 0 Å². The molecule has 0 aliphatic carbocycles. The maximum atomic E-state index is 12.3. The monoisotopic (exact) mass is 338 g/mol. The highest BCUT2D eigenvalue weighted by Gasteiger charge is 2.31. The van der Waals surface area contributed by atoms with E-state index in [2.05, 4.69) is 29.4 Å². The third-order valence-electron chi connectivity index (χ3n) is 3.35. The normalized spacial score (nSPS) is 12.4. The summed E-state index contributed by atoms with van der Waals surface area (Å²) in [5.74, 6) is 0. The van der Waals surface area contributed by atoms with E-state index in [0.717, 1.165) is 18.7 Å². The first kappa shape index (κ1) is 17.0. The van der Waals surface area contributed by atoms with Gasteiger partial charge in [-0.2, -0.15) is 0 Å². The van der Waals surface area contributed by atoms with E-state index in [1.165, 1.54) is 9.75 Å². The van der Waals surface area contributed by atoms with Gasteiger partial charge in [-0.15, -0.1) is 11.3 Å². The van der Waals surface area contributed by atoms with Crippen LogP contribution in [0.15, 0.2) is 35.5 Å². The molecule has 2 aromatic rings. The SMILES string of the molecule is CCc1ccc(CNc2ccc(S(=O)(=O)C(C)(C)C)nc2)s1. The van der Waals surface area contributed by atoms with Gasteiger partial charge in [-0.05, 0) is 51.5 Å². The second-order valence-corrected chi connectivity index (χ2v) is 9.98. The lowest BCUT2D eigenvalue weighted by Gasteiger charge is -2.18. The standard InChI is InChI=1S/C16H22N2O2S2/c1-5-13-7-8-14(21-13)11-17-12-6-9-15(18-10-12)22(19,20)16(2,3)4/h6-10,17H,5,11H2,1-4H3. The third-order valence-corrected chi connectivity index (χ3v) is 6.98. The molecule has 2 rings (SSSR count). The number of aryl methyl sites for hydroxylation is 1. The number of hydrogen-bond acceptors (Lipinski definition) is 5. The fourth-order valence-corrected chi connectivity index (χ4v) is 3.82. The molecule has 2 heterocycles. The zero-order chi connectivity index (χ0) is 16.4. The second kappa shape index (κ2) is 6.38. The van der Waals surface area contributed by atoms with Gasteiger partial charge in [0, 0.05) is 16.3 Å². The molecule has 0 unspecified atom stereocenters. The fourth-order valence-electron chi connectivity index (χ4n) is 1.85. The molecule has 2 aromatic heterocycles. The lowest BCUT2D eigenvalue weighted by Crippen LogP contribution is -2.28. The lowest BCUT2D eigenvalue weighted by atomic mass is 10.3. The van der Waals surface area contributed by atoms with Crippen LogP contribution in [-0.2, 0) is 22.8 Å². The van der Waals surface area contributed by atoms with Crippen LogP contribution in [0.2, 0.25) is 0 Å². The molecule has 0 bridgehead atoms. The van der Waals surface area contributed by atoms with Crippen molar-refractivity contribution >= 4 is 26.9 Å². The maximum absolute atomic E-state index is 12.3. The topological polar surface area (TPSA) is 59.1 Å². The molecule has 4 nitrogen and oxygen atoms in total. The molecule has 0 aliphatic rings. The number of nitrogens with one attached hydrogen (secondary N) is 1. The Bertz CT molecular complexity index is 726. The van der Waals surface area contributed by atoms with E-state index in [0.29, 0.717) is 0 Å². The van der Waals surface area contributed by atoms with Gasteiger partial charge < -0.3 is 5.32 Å². The minimum atomic E-state index is -3.40. The zero-order valence-electron chi connectivity index (χ0n) is 13.4. The Balaban J connectivity index is 2.06. The smallest absolute Gasteiger partial charge is 0.200 e. The molecule has 0 atom stereocenters. The van der Waals surface area contributed by atoms with Crippen LogP contribution in [0.25, 0.3) is 0 Å². The molecule has 22 heavy (non-hydrogen) atoms. The number of aromatic nitrogens is 1. The average molecular weight is 338 g/mol. The van der Waals surface area contributed by atoms with Crippen molar-refractivity contribution in [3.8, 4) is 0 Å². The summed E-state index contributed by atoms with van der Waals surface area (Å²) >= 11 is 1.78. The van der Waals surface area contributed by atoms with E-state index >= 15 is 0 Å². The predicted molar refractivity (Wildman–Crippen MR) is 92.2 cm³/mol. The van der Waals surface area contributed by atoms with E-state index in [4.69, 9.17) is 0 Å². The molecule has 0 aliphatic heterocycles. The predicted octanol–water partition coefficient (Wildman–Crippen LogP) is 3.89. The zero-order valence-corrected chi connectivity index (χ0v) is 15.0. The largest absolute Gasteiger partial charge is 0.379 e. The summed E-state index contributed by atoms with van der Waals surface area (Å²) in [6.07, 6.45) is 2.62. The number of hydrogen-bond donors (Lipinski definition) is 1. The Morgan fingerprint density at radius 2 is 1.82 bits per heavy atom. The van der Waals surface area contributed by atoms with Crippen molar-refractivity contribution in [3.05, 3.63) is 40.2 Å². The van der Waals surface area contributed by atoms with Gasteiger partial charge in [-0.25, -0.2) is 13.4 Å². The molecule has 6 heteroatoms. The Kier molecular flexibility index (Phi) is 4.92. The minimum absolute atomic E-state index is 0.120. The van der Waals surface area contributed by atoms with Crippen LogP contribution in [0.3, 0.4) is 0 Å². The van der Waals surface area contributed by atoms with Gasteiger partial charge >= 0.3 is 0 Å². The molecule has 0 spiro atoms. The first-order chi connectivity index (χ1) is 10.2. The molecule has 0 saturated heterocycles. The Morgan fingerprint density at radius 1 is 1.14 bits per heavy atom. The van der Waals surface area contributed by atoms with Gasteiger partial charge in [0.05, 0.1) is 16.6 Å². The first-order valence-electron chi connectivity index (χ1n) is 7.26. The van der Waals surface area contributed by atoms with Gasteiger partial charge in [0.1, 0.15) is 0 Å². The highest BCUT2D eigenvalue weighted by Crippen LogP contribution is 2.24. The van der Waals surface area contributed by atoms with Gasteiger partial charge in [0.15, 0.2) is 14.9 Å². The van der Waals surface area contributed by atoms with Crippen molar-refractivity contribution in [2.75, 3.05) is 5.32 Å². The van der Waals surface area contributed by atoms with Crippen LogP contribution in [0.5, 0.6) is 0 Å². The van der Waals surface area contributed by atoms with Crippen molar-refractivity contribution in [1.29, 1.82) is 0 Å². The average Bonchev–Trinajstić information content (AvgIpc) is 2.92. The Labute approximate surface area is 136 Å². The Hall–Kier alpha value is -1.40. The number of sulfone groups is 1. The molecule has 120 valence electrons. The van der Waals surface area contributed by atoms with Gasteiger partial charge in [0.25, 0.3) is 0 Å². The quantitative estimate of drug-likeness (QED) is 0.898. The number of rotatable bonds is 5. The van der Waals surface area contributed by atoms with Crippen molar-refractivity contribution < 1.29 is 8.42 Å². The summed E-state index contributed by atoms with van der Waals surface area (Å²) in [5.41, 5.74) is 0.819. The summed E-state index contributed by atoms with van der Waals surface area (Å²) in [7, 11) is -3.40. The highest BCUT2D eigenvalue weighted by atomic mass is 32.2. The second-order valence-electron chi connectivity index (χ2n) is 6.08. The number of thiophene rings is 1. The van der Waals surface area contributed by atoms with E-state index in [-0.39, 0.29) is 5.03 Å². The summed E-state index contributed by atoms with van der Waals surface area (Å²) in [6.45, 7) is 7.90. The van der Waals surface area contributed by atoms with E-state index < -0.39 is 14.6 Å². The molecule has 0 fully saturated rings. The molecule has 0 aromatic carbocycles. The number of nitrogens with zero attached hydrogens (tertiary/aromatic N) is 1. The van der Waals surface area contributed by atoms with E-state index in [9.17, 15) is 8.42 Å². The highest BCUT2D eigenvalue weighted by molar-refractivity contribution is 7.92. The van der Waals surface area contributed by atoms with Crippen LogP contribution in [0, 0.1) is 0 Å². The summed E-state index contributed by atoms with van der Waals surface area (Å²) in [6, 6.07) is 7.58. The summed E-state index contributed by atoms with van der Waals surface area (Å²) in [4.78, 5) is 6.72. The van der Waals surface area contributed by atoms with Crippen LogP contribution in [-0.4, -0.2) is 18.1 Å². The maximum Gasteiger partial charge on any atom is 0.200 e. The molecular weight excluding hydrogens is 316 g/mol. The van der Waals surface area contributed by atoms with Gasteiger partial charge in [-0.3, -0.25) is 0 Å². The first-order valence-corrected chi connectivity index (χ1v) is 9.56. The van der Waals surface area contributed by atoms with E-state index in [1.54, 1.807) is 50.4 Å². The van der Waals surface area contributed by atoms with Crippen LogP contribution in [0.1, 0.15) is 37.4 Å².